The Labute approximate surface area is 216 Å². The summed E-state index contributed by atoms with van der Waals surface area (Å²) in [5, 5.41) is 13.1. The van der Waals surface area contributed by atoms with E-state index < -0.39 is 17.9 Å². The number of likely N-dealkylation sites (tertiary alicyclic amines) is 1. The molecule has 0 unspecified atom stereocenters. The minimum atomic E-state index is -0.930. The highest BCUT2D eigenvalue weighted by atomic mass is 16.7. The summed E-state index contributed by atoms with van der Waals surface area (Å²) < 4.78 is 10.9. The van der Waals surface area contributed by atoms with Crippen LogP contribution in [-0.4, -0.2) is 71.8 Å². The summed E-state index contributed by atoms with van der Waals surface area (Å²) in [6.07, 6.45) is 5.51. The second kappa shape index (κ2) is 12.1. The lowest BCUT2D eigenvalue weighted by molar-refractivity contribution is -0.143. The standard InChI is InChI=1S/C27H34N4O6/c1-3-4-12-31(20-6-5-10-28-14-20)25(33)16-30-15-21(19-7-8-23-24(13-19)37-17-36-23)26(27(34)35)22(30)9-11-29-18(2)32/h5-8,10,13-14,21-22,26H,3-4,9,11-12,15-17H2,1-2H3,(H,29,32)(H,34,35)/t21-,22+,26-/m1/s1. The number of carboxylic acids is 1. The van der Waals surface area contributed by atoms with Crippen molar-refractivity contribution in [1.29, 1.82) is 0 Å². The van der Waals surface area contributed by atoms with Crippen LogP contribution in [-0.2, 0) is 14.4 Å². The number of fused-ring (bicyclic) bond motifs is 1. The Kier molecular flexibility index (Phi) is 8.60. The first-order chi connectivity index (χ1) is 17.9. The number of nitrogens with one attached hydrogen (secondary N) is 1. The highest BCUT2D eigenvalue weighted by molar-refractivity contribution is 5.94. The molecule has 2 amide bonds. The van der Waals surface area contributed by atoms with Gasteiger partial charge < -0.3 is 24.8 Å². The average Bonchev–Trinajstić information content (AvgIpc) is 3.49. The lowest BCUT2D eigenvalue weighted by Crippen LogP contribution is -2.45. The van der Waals surface area contributed by atoms with Crippen LogP contribution < -0.4 is 19.7 Å². The molecule has 1 fully saturated rings. The Morgan fingerprint density at radius 2 is 2.03 bits per heavy atom. The second-order valence-electron chi connectivity index (χ2n) is 9.46. The first kappa shape index (κ1) is 26.4. The fourth-order valence-corrected chi connectivity index (χ4v) is 5.22. The smallest absolute Gasteiger partial charge is 0.308 e. The molecule has 10 heteroatoms. The molecule has 2 aliphatic heterocycles. The molecule has 4 rings (SSSR count). The van der Waals surface area contributed by atoms with Crippen LogP contribution >= 0.6 is 0 Å². The molecule has 2 N–H and O–H groups in total. The van der Waals surface area contributed by atoms with E-state index in [0.29, 0.717) is 37.6 Å². The number of nitrogens with zero attached hydrogens (tertiary/aromatic N) is 3. The van der Waals surface area contributed by atoms with Crippen molar-refractivity contribution in [2.24, 2.45) is 5.92 Å². The van der Waals surface area contributed by atoms with Crippen molar-refractivity contribution >= 4 is 23.5 Å². The van der Waals surface area contributed by atoms with Gasteiger partial charge in [0, 0.05) is 44.7 Å². The summed E-state index contributed by atoms with van der Waals surface area (Å²) >= 11 is 0. The van der Waals surface area contributed by atoms with Crippen molar-refractivity contribution in [2.75, 3.05) is 37.9 Å². The van der Waals surface area contributed by atoms with Crippen LogP contribution in [0.15, 0.2) is 42.7 Å². The third kappa shape index (κ3) is 6.19. The predicted molar refractivity (Wildman–Crippen MR) is 137 cm³/mol. The molecule has 1 saturated heterocycles. The van der Waals surface area contributed by atoms with Gasteiger partial charge in [-0.15, -0.1) is 0 Å². The Morgan fingerprint density at radius 3 is 2.73 bits per heavy atom. The summed E-state index contributed by atoms with van der Waals surface area (Å²) in [6, 6.07) is 8.71. The van der Waals surface area contributed by atoms with Crippen molar-refractivity contribution in [3.05, 3.63) is 48.3 Å². The first-order valence-corrected chi connectivity index (χ1v) is 12.7. The SMILES string of the molecule is CCCCN(C(=O)CN1C[C@H](c2ccc3c(c2)OCO3)[C@@H](C(=O)O)[C@@H]1CCNC(C)=O)c1cccnc1. The van der Waals surface area contributed by atoms with Gasteiger partial charge in [-0.05, 0) is 42.7 Å². The van der Waals surface area contributed by atoms with E-state index in [2.05, 4.69) is 17.2 Å². The lowest BCUT2D eigenvalue weighted by atomic mass is 9.84. The van der Waals surface area contributed by atoms with Gasteiger partial charge in [0.2, 0.25) is 18.6 Å². The highest BCUT2D eigenvalue weighted by Crippen LogP contribution is 2.42. The monoisotopic (exact) mass is 510 g/mol. The second-order valence-corrected chi connectivity index (χ2v) is 9.46. The van der Waals surface area contributed by atoms with E-state index in [0.717, 1.165) is 24.1 Å². The molecule has 0 saturated carbocycles. The van der Waals surface area contributed by atoms with Crippen LogP contribution in [0.25, 0.3) is 0 Å². The number of rotatable bonds is 11. The number of carbonyl (C=O) groups excluding carboxylic acids is 2. The number of pyridine rings is 1. The van der Waals surface area contributed by atoms with Crippen molar-refractivity contribution in [3.8, 4) is 11.5 Å². The molecular formula is C27H34N4O6. The molecule has 1 aromatic carbocycles. The maximum Gasteiger partial charge on any atom is 0.308 e. The third-order valence-electron chi connectivity index (χ3n) is 7.00. The number of amides is 2. The van der Waals surface area contributed by atoms with Crippen LogP contribution in [0.3, 0.4) is 0 Å². The van der Waals surface area contributed by atoms with Gasteiger partial charge in [0.1, 0.15) is 0 Å². The Bertz CT molecular complexity index is 1110. The number of ether oxygens (including phenoxy) is 2. The average molecular weight is 511 g/mol. The van der Waals surface area contributed by atoms with Gasteiger partial charge in [-0.3, -0.25) is 24.3 Å². The number of unbranched alkanes of at least 4 members (excludes halogenated alkanes) is 1. The normalized spacial score (nSPS) is 20.5. The molecule has 2 aromatic rings. The van der Waals surface area contributed by atoms with Gasteiger partial charge in [0.15, 0.2) is 11.5 Å². The van der Waals surface area contributed by atoms with E-state index in [1.54, 1.807) is 29.4 Å². The van der Waals surface area contributed by atoms with Crippen LogP contribution in [0, 0.1) is 5.92 Å². The summed E-state index contributed by atoms with van der Waals surface area (Å²) in [5.74, 6) is -1.11. The maximum absolute atomic E-state index is 13.6. The Morgan fingerprint density at radius 1 is 1.22 bits per heavy atom. The largest absolute Gasteiger partial charge is 0.481 e. The fraction of sp³-hybridized carbons (Fsp3) is 0.481. The molecule has 2 aliphatic rings. The van der Waals surface area contributed by atoms with E-state index >= 15 is 0 Å². The van der Waals surface area contributed by atoms with E-state index in [9.17, 15) is 19.5 Å². The van der Waals surface area contributed by atoms with Crippen LogP contribution in [0.5, 0.6) is 11.5 Å². The zero-order chi connectivity index (χ0) is 26.4. The molecule has 198 valence electrons. The first-order valence-electron chi connectivity index (χ1n) is 12.7. The molecule has 0 aliphatic carbocycles. The van der Waals surface area contributed by atoms with E-state index in [1.807, 2.05) is 23.1 Å². The summed E-state index contributed by atoms with van der Waals surface area (Å²) in [7, 11) is 0. The zero-order valence-corrected chi connectivity index (χ0v) is 21.3. The number of anilines is 1. The lowest BCUT2D eigenvalue weighted by Gasteiger charge is -2.29. The molecular weight excluding hydrogens is 476 g/mol. The molecule has 3 heterocycles. The van der Waals surface area contributed by atoms with Crippen LogP contribution in [0.4, 0.5) is 5.69 Å². The van der Waals surface area contributed by atoms with E-state index in [-0.39, 0.29) is 31.1 Å². The highest BCUT2D eigenvalue weighted by Gasteiger charge is 2.47. The minimum absolute atomic E-state index is 0.0637. The van der Waals surface area contributed by atoms with Gasteiger partial charge in [-0.25, -0.2) is 0 Å². The van der Waals surface area contributed by atoms with Gasteiger partial charge in [-0.2, -0.15) is 0 Å². The quantitative estimate of drug-likeness (QED) is 0.473. The molecule has 37 heavy (non-hydrogen) atoms. The number of carbonyl (C=O) groups is 3. The van der Waals surface area contributed by atoms with Crippen LogP contribution in [0.2, 0.25) is 0 Å². The van der Waals surface area contributed by atoms with Crippen LogP contribution in [0.1, 0.15) is 44.6 Å². The zero-order valence-electron chi connectivity index (χ0n) is 21.3. The van der Waals surface area contributed by atoms with E-state index in [4.69, 9.17) is 9.47 Å². The van der Waals surface area contributed by atoms with Crippen molar-refractivity contribution in [2.45, 2.75) is 45.1 Å². The molecule has 3 atom stereocenters. The molecule has 0 radical (unpaired) electrons. The molecule has 0 spiro atoms. The summed E-state index contributed by atoms with van der Waals surface area (Å²) in [5.41, 5.74) is 1.54. The number of aromatic nitrogens is 1. The Hall–Kier alpha value is -3.66. The molecule has 0 bridgehead atoms. The van der Waals surface area contributed by atoms with Gasteiger partial charge in [-0.1, -0.05) is 19.4 Å². The number of benzene rings is 1. The molecule has 1 aromatic heterocycles. The third-order valence-corrected chi connectivity index (χ3v) is 7.00. The number of carboxylic acid groups (broad SMARTS) is 1. The predicted octanol–water partition coefficient (Wildman–Crippen LogP) is 2.64. The van der Waals surface area contributed by atoms with Crippen molar-refractivity contribution < 1.29 is 29.0 Å². The topological polar surface area (TPSA) is 121 Å². The van der Waals surface area contributed by atoms with E-state index in [1.165, 1.54) is 6.92 Å². The van der Waals surface area contributed by atoms with Crippen molar-refractivity contribution in [3.63, 3.8) is 0 Å². The number of aliphatic carboxylic acids is 1. The van der Waals surface area contributed by atoms with Gasteiger partial charge in [0.25, 0.3) is 0 Å². The molecule has 10 nitrogen and oxygen atoms in total. The fourth-order valence-electron chi connectivity index (χ4n) is 5.22. The van der Waals surface area contributed by atoms with Gasteiger partial charge >= 0.3 is 5.97 Å². The minimum Gasteiger partial charge on any atom is -0.481 e. The summed E-state index contributed by atoms with van der Waals surface area (Å²) in [4.78, 5) is 45.5. The number of hydrogen-bond acceptors (Lipinski definition) is 7. The van der Waals surface area contributed by atoms with Crippen molar-refractivity contribution in [1.82, 2.24) is 15.2 Å². The Balaban J connectivity index is 1.61. The number of hydrogen-bond donors (Lipinski definition) is 2. The summed E-state index contributed by atoms with van der Waals surface area (Å²) in [6.45, 7) is 4.96. The van der Waals surface area contributed by atoms with Gasteiger partial charge in [0.05, 0.1) is 24.3 Å². The maximum atomic E-state index is 13.6.